The first-order valence-corrected chi connectivity index (χ1v) is 5.98. The highest BCUT2D eigenvalue weighted by molar-refractivity contribution is 9.10. The molecule has 1 atom stereocenters. The number of hydrazine groups is 1. The van der Waals surface area contributed by atoms with Gasteiger partial charge in [0.2, 0.25) is 0 Å². The Hall–Kier alpha value is -0.910. The van der Waals surface area contributed by atoms with Crippen LogP contribution >= 0.6 is 15.9 Å². The number of nitrogens with zero attached hydrogens (tertiary/aromatic N) is 1. The van der Waals surface area contributed by atoms with E-state index < -0.39 is 0 Å². The number of ether oxygens (including phenoxy) is 1. The normalized spacial score (nSPS) is 17.5. The van der Waals surface area contributed by atoms with Crippen LogP contribution in [0.15, 0.2) is 34.6 Å². The fourth-order valence-electron chi connectivity index (χ4n) is 1.74. The van der Waals surface area contributed by atoms with Gasteiger partial charge in [-0.25, -0.2) is 5.43 Å². The molecule has 1 aromatic rings. The van der Waals surface area contributed by atoms with Gasteiger partial charge >= 0.3 is 0 Å². The Balaban J connectivity index is 2.21. The van der Waals surface area contributed by atoms with E-state index in [-0.39, 0.29) is 6.04 Å². The van der Waals surface area contributed by atoms with Crippen molar-refractivity contribution in [1.82, 2.24) is 10.4 Å². The molecule has 0 saturated carbocycles. The fraction of sp³-hybridized carbons (Fsp3) is 0.364. The Kier molecular flexibility index (Phi) is 3.93. The van der Waals surface area contributed by atoms with Crippen molar-refractivity contribution >= 4 is 15.9 Å². The number of nitrogens with one attached hydrogen (secondary N) is 1. The van der Waals surface area contributed by atoms with Gasteiger partial charge in [0.05, 0.1) is 24.6 Å². The van der Waals surface area contributed by atoms with Gasteiger partial charge < -0.3 is 4.74 Å². The fourth-order valence-corrected chi connectivity index (χ4v) is 1.97. The van der Waals surface area contributed by atoms with Crippen molar-refractivity contribution in [3.8, 4) is 0 Å². The molecule has 0 radical (unpaired) electrons. The smallest absolute Gasteiger partial charge is 0.0876 e. The Morgan fingerprint density at radius 3 is 2.94 bits per heavy atom. The van der Waals surface area contributed by atoms with Crippen LogP contribution in [-0.4, -0.2) is 11.6 Å². The molecule has 1 aliphatic heterocycles. The molecule has 0 amide bonds. The molecule has 2 rings (SSSR count). The quantitative estimate of drug-likeness (QED) is 0.658. The number of nitrogens with two attached hydrogens (primary N) is 1. The third-order valence-electron chi connectivity index (χ3n) is 2.55. The molecule has 4 nitrogen and oxygen atoms in total. The minimum absolute atomic E-state index is 0.0617. The highest BCUT2D eigenvalue weighted by atomic mass is 79.9. The Morgan fingerprint density at radius 1 is 1.50 bits per heavy atom. The topological polar surface area (TPSA) is 60.2 Å². The molecule has 1 aliphatic rings. The maximum absolute atomic E-state index is 5.58. The molecule has 3 N–H and O–H groups in total. The van der Waals surface area contributed by atoms with Crippen molar-refractivity contribution in [3.05, 3.63) is 40.3 Å². The molecule has 0 aromatic carbocycles. The van der Waals surface area contributed by atoms with Crippen molar-refractivity contribution in [1.29, 1.82) is 0 Å². The molecular formula is C11H14BrN3O. The van der Waals surface area contributed by atoms with Gasteiger partial charge in [-0.15, -0.1) is 0 Å². The third kappa shape index (κ3) is 2.61. The molecule has 16 heavy (non-hydrogen) atoms. The molecule has 0 spiro atoms. The van der Waals surface area contributed by atoms with E-state index in [2.05, 4.69) is 26.3 Å². The minimum atomic E-state index is -0.0617. The molecule has 86 valence electrons. The summed E-state index contributed by atoms with van der Waals surface area (Å²) in [6.07, 6.45) is 5.58. The molecule has 1 unspecified atom stereocenters. The van der Waals surface area contributed by atoms with Crippen molar-refractivity contribution in [3.63, 3.8) is 0 Å². The van der Waals surface area contributed by atoms with Crippen LogP contribution in [0.4, 0.5) is 0 Å². The van der Waals surface area contributed by atoms with E-state index in [0.717, 1.165) is 35.2 Å². The molecule has 5 heteroatoms. The van der Waals surface area contributed by atoms with Gasteiger partial charge in [-0.3, -0.25) is 10.8 Å². The summed E-state index contributed by atoms with van der Waals surface area (Å²) in [6, 6.07) is 3.84. The van der Waals surface area contributed by atoms with Gasteiger partial charge in [0, 0.05) is 10.7 Å². The lowest BCUT2D eigenvalue weighted by atomic mass is 9.99. The predicted octanol–water partition coefficient (Wildman–Crippen LogP) is 2.04. The van der Waals surface area contributed by atoms with Crippen LogP contribution in [0, 0.1) is 0 Å². The Labute approximate surface area is 103 Å². The summed E-state index contributed by atoms with van der Waals surface area (Å²) < 4.78 is 6.27. The molecule has 0 saturated heterocycles. The van der Waals surface area contributed by atoms with Crippen LogP contribution in [0.3, 0.4) is 0 Å². The first-order chi connectivity index (χ1) is 7.81. The van der Waals surface area contributed by atoms with E-state index in [0.29, 0.717) is 0 Å². The molecule has 0 fully saturated rings. The maximum Gasteiger partial charge on any atom is 0.0876 e. The first kappa shape index (κ1) is 11.6. The number of rotatable bonds is 3. The molecule has 1 aromatic heterocycles. The molecule has 0 bridgehead atoms. The van der Waals surface area contributed by atoms with E-state index in [9.17, 15) is 0 Å². The summed E-state index contributed by atoms with van der Waals surface area (Å²) in [5, 5.41) is 0. The molecule has 2 heterocycles. The van der Waals surface area contributed by atoms with Crippen LogP contribution in [0.1, 0.15) is 24.6 Å². The third-order valence-corrected chi connectivity index (χ3v) is 3.01. The number of pyridine rings is 1. The maximum atomic E-state index is 5.58. The Bertz CT molecular complexity index is 377. The average Bonchev–Trinajstić information content (AvgIpc) is 2.34. The molecule has 0 aliphatic carbocycles. The van der Waals surface area contributed by atoms with E-state index in [4.69, 9.17) is 10.6 Å². The highest BCUT2D eigenvalue weighted by Gasteiger charge is 2.18. The highest BCUT2D eigenvalue weighted by Crippen LogP contribution is 2.26. The number of hydrogen-bond acceptors (Lipinski definition) is 4. The van der Waals surface area contributed by atoms with Crippen molar-refractivity contribution in [2.75, 3.05) is 6.61 Å². The summed E-state index contributed by atoms with van der Waals surface area (Å²) in [5.74, 6) is 5.58. The largest absolute Gasteiger partial charge is 0.501 e. The monoisotopic (exact) mass is 283 g/mol. The van der Waals surface area contributed by atoms with Crippen LogP contribution in [0.5, 0.6) is 0 Å². The summed E-state index contributed by atoms with van der Waals surface area (Å²) in [5.41, 5.74) is 4.83. The number of aromatic nitrogens is 1. The second-order valence-corrected chi connectivity index (χ2v) is 4.58. The lowest BCUT2D eigenvalue weighted by Crippen LogP contribution is -2.31. The number of hydrogen-bond donors (Lipinski definition) is 2. The van der Waals surface area contributed by atoms with Crippen LogP contribution in [0.25, 0.3) is 0 Å². The minimum Gasteiger partial charge on any atom is -0.501 e. The standard InChI is InChI=1S/C11H14BrN3O/c12-9-3-4-10(14-6-9)11(15-13)8-2-1-5-16-7-8/h3-4,6-7,11,15H,1-2,5,13H2. The second-order valence-electron chi connectivity index (χ2n) is 3.67. The second kappa shape index (κ2) is 5.43. The van der Waals surface area contributed by atoms with Gasteiger partial charge in [0.15, 0.2) is 0 Å². The summed E-state index contributed by atoms with van der Waals surface area (Å²) in [4.78, 5) is 4.34. The van der Waals surface area contributed by atoms with Gasteiger partial charge in [0.25, 0.3) is 0 Å². The van der Waals surface area contributed by atoms with Crippen molar-refractivity contribution in [2.24, 2.45) is 5.84 Å². The number of halogens is 1. The van der Waals surface area contributed by atoms with Crippen molar-refractivity contribution < 1.29 is 4.74 Å². The van der Waals surface area contributed by atoms with E-state index in [1.54, 1.807) is 12.5 Å². The summed E-state index contributed by atoms with van der Waals surface area (Å²) in [6.45, 7) is 0.786. The van der Waals surface area contributed by atoms with E-state index in [1.807, 2.05) is 12.1 Å². The molecular weight excluding hydrogens is 270 g/mol. The summed E-state index contributed by atoms with van der Waals surface area (Å²) in [7, 11) is 0. The first-order valence-electron chi connectivity index (χ1n) is 5.19. The van der Waals surface area contributed by atoms with E-state index >= 15 is 0 Å². The van der Waals surface area contributed by atoms with Gasteiger partial charge in [-0.1, -0.05) is 0 Å². The van der Waals surface area contributed by atoms with Gasteiger partial charge in [0.1, 0.15) is 0 Å². The van der Waals surface area contributed by atoms with Gasteiger partial charge in [-0.05, 0) is 46.5 Å². The Morgan fingerprint density at radius 2 is 2.38 bits per heavy atom. The van der Waals surface area contributed by atoms with Crippen LogP contribution in [0.2, 0.25) is 0 Å². The zero-order chi connectivity index (χ0) is 11.4. The SMILES string of the molecule is NNC(C1=COCCC1)c1ccc(Br)cn1. The van der Waals surface area contributed by atoms with Crippen LogP contribution in [-0.2, 0) is 4.74 Å². The van der Waals surface area contributed by atoms with E-state index in [1.165, 1.54) is 0 Å². The zero-order valence-electron chi connectivity index (χ0n) is 8.82. The van der Waals surface area contributed by atoms with Crippen molar-refractivity contribution in [2.45, 2.75) is 18.9 Å². The lowest BCUT2D eigenvalue weighted by Gasteiger charge is -2.22. The zero-order valence-corrected chi connectivity index (χ0v) is 10.4. The van der Waals surface area contributed by atoms with Gasteiger partial charge in [-0.2, -0.15) is 0 Å². The summed E-state index contributed by atoms with van der Waals surface area (Å²) >= 11 is 3.36. The lowest BCUT2D eigenvalue weighted by molar-refractivity contribution is 0.219. The predicted molar refractivity (Wildman–Crippen MR) is 65.3 cm³/mol. The average molecular weight is 284 g/mol. The van der Waals surface area contributed by atoms with Crippen LogP contribution < -0.4 is 11.3 Å².